The van der Waals surface area contributed by atoms with Crippen molar-refractivity contribution in [1.29, 1.82) is 0 Å². The Kier molecular flexibility index (Phi) is 3.64. The van der Waals surface area contributed by atoms with Gasteiger partial charge >= 0.3 is 0 Å². The number of amidine groups is 1. The van der Waals surface area contributed by atoms with Crippen LogP contribution in [-0.2, 0) is 0 Å². The van der Waals surface area contributed by atoms with E-state index in [1.165, 1.54) is 0 Å². The maximum atomic E-state index is 9.24. The molecule has 6 nitrogen and oxygen atoms in total. The highest BCUT2D eigenvalue weighted by molar-refractivity contribution is 7.22. The number of hydrogen-bond acceptors (Lipinski definition) is 6. The van der Waals surface area contributed by atoms with Crippen LogP contribution in [0.1, 0.15) is 6.42 Å². The molecule has 4 rings (SSSR count). The van der Waals surface area contributed by atoms with Gasteiger partial charge in [-0.1, -0.05) is 11.3 Å². The lowest BCUT2D eigenvalue weighted by Gasteiger charge is -2.11. The first kappa shape index (κ1) is 14.1. The first-order valence-corrected chi connectivity index (χ1v) is 8.14. The number of aromatic nitrogens is 3. The van der Waals surface area contributed by atoms with Crippen molar-refractivity contribution in [2.24, 2.45) is 4.99 Å². The number of nitrogens with zero attached hydrogens (tertiary/aromatic N) is 4. The molecule has 23 heavy (non-hydrogen) atoms. The Hall–Kier alpha value is -2.51. The number of dihydropyridines is 1. The summed E-state index contributed by atoms with van der Waals surface area (Å²) in [6.45, 7) is 0.777. The van der Waals surface area contributed by atoms with Crippen LogP contribution in [0, 0.1) is 0 Å². The number of benzene rings is 1. The van der Waals surface area contributed by atoms with Crippen molar-refractivity contribution in [2.75, 3.05) is 18.5 Å². The number of thiazole rings is 1. The fourth-order valence-corrected chi connectivity index (χ4v) is 3.39. The Bertz CT molecular complexity index is 894. The maximum absolute atomic E-state index is 9.24. The summed E-state index contributed by atoms with van der Waals surface area (Å²) in [5.74, 6) is 0.759. The van der Waals surface area contributed by atoms with E-state index in [2.05, 4.69) is 26.3 Å². The van der Waals surface area contributed by atoms with Crippen LogP contribution in [0.3, 0.4) is 0 Å². The molecule has 0 aliphatic carbocycles. The fraction of sp³-hybridized carbons (Fsp3) is 0.188. The van der Waals surface area contributed by atoms with Gasteiger partial charge < -0.3 is 15.0 Å². The number of aliphatic hydroxyl groups excluding tert-OH is 1. The second-order valence-electron chi connectivity index (χ2n) is 5.24. The molecule has 2 aromatic heterocycles. The van der Waals surface area contributed by atoms with E-state index in [0.29, 0.717) is 6.54 Å². The number of nitrogens with one attached hydrogen (secondary N) is 1. The van der Waals surface area contributed by atoms with Crippen molar-refractivity contribution >= 4 is 32.5 Å². The third-order valence-corrected chi connectivity index (χ3v) is 4.60. The molecule has 2 N–H and O–H groups in total. The monoisotopic (exact) mass is 325 g/mol. The van der Waals surface area contributed by atoms with Gasteiger partial charge in [-0.2, -0.15) is 0 Å². The Labute approximate surface area is 136 Å². The van der Waals surface area contributed by atoms with Crippen LogP contribution in [0.2, 0.25) is 0 Å². The molecule has 0 saturated carbocycles. The van der Waals surface area contributed by atoms with Crippen LogP contribution in [0.4, 0.5) is 5.13 Å². The minimum absolute atomic E-state index is 0.0782. The zero-order chi connectivity index (χ0) is 15.6. The predicted octanol–water partition coefficient (Wildman–Crippen LogP) is 2.61. The summed E-state index contributed by atoms with van der Waals surface area (Å²) in [4.78, 5) is 13.1. The van der Waals surface area contributed by atoms with Gasteiger partial charge in [0.05, 0.1) is 23.2 Å². The van der Waals surface area contributed by atoms with Gasteiger partial charge in [0.1, 0.15) is 5.84 Å². The van der Waals surface area contributed by atoms with Gasteiger partial charge in [0.15, 0.2) is 5.13 Å². The minimum atomic E-state index is 0.0782. The number of aliphatic hydroxyl groups is 1. The van der Waals surface area contributed by atoms with E-state index in [9.17, 15) is 5.11 Å². The smallest absolute Gasteiger partial charge is 0.189 e. The molecule has 1 aliphatic rings. The second kappa shape index (κ2) is 5.94. The van der Waals surface area contributed by atoms with Crippen LogP contribution in [0.25, 0.3) is 15.9 Å². The first-order chi connectivity index (χ1) is 11.3. The van der Waals surface area contributed by atoms with Crippen LogP contribution in [0.5, 0.6) is 0 Å². The SMILES string of the molecule is OCC1=CC(Nc2nc3ccc(-n4ccnc4)cc3s2)=NCC1. The van der Waals surface area contributed by atoms with Crippen molar-refractivity contribution in [2.45, 2.75) is 6.42 Å². The number of hydrogen-bond donors (Lipinski definition) is 2. The molecule has 116 valence electrons. The molecule has 0 fully saturated rings. The highest BCUT2D eigenvalue weighted by atomic mass is 32.1. The molecule has 0 atom stereocenters. The summed E-state index contributed by atoms with van der Waals surface area (Å²) in [5, 5.41) is 13.3. The molecule has 1 aliphatic heterocycles. The Morgan fingerprint density at radius 2 is 2.30 bits per heavy atom. The zero-order valence-electron chi connectivity index (χ0n) is 12.3. The van der Waals surface area contributed by atoms with Gasteiger partial charge in [-0.05, 0) is 36.3 Å². The number of rotatable bonds is 3. The number of imidazole rings is 1. The standard InChI is InChI=1S/C16H15N5OS/c22-9-11-3-4-18-15(7-11)20-16-19-13-2-1-12(8-14(13)23-16)21-6-5-17-10-21/h1-2,5-8,10,22H,3-4,9H2,(H,18,19,20). The van der Waals surface area contributed by atoms with Crippen LogP contribution < -0.4 is 5.32 Å². The molecule has 0 radical (unpaired) electrons. The topological polar surface area (TPSA) is 75.3 Å². The summed E-state index contributed by atoms with van der Waals surface area (Å²) < 4.78 is 3.06. The molecule has 0 unspecified atom stereocenters. The van der Waals surface area contributed by atoms with Gasteiger partial charge in [0.25, 0.3) is 0 Å². The van der Waals surface area contributed by atoms with E-state index in [4.69, 9.17) is 0 Å². The summed E-state index contributed by atoms with van der Waals surface area (Å²) in [6, 6.07) is 6.12. The zero-order valence-corrected chi connectivity index (χ0v) is 13.1. The van der Waals surface area contributed by atoms with Crippen LogP contribution in [0.15, 0.2) is 53.6 Å². The van der Waals surface area contributed by atoms with Crippen LogP contribution >= 0.6 is 11.3 Å². The average Bonchev–Trinajstić information content (AvgIpc) is 3.23. The van der Waals surface area contributed by atoms with Gasteiger partial charge in [-0.25, -0.2) is 9.97 Å². The predicted molar refractivity (Wildman–Crippen MR) is 92.5 cm³/mol. The van der Waals surface area contributed by atoms with Crippen molar-refractivity contribution in [3.8, 4) is 5.69 Å². The third kappa shape index (κ3) is 2.88. The number of anilines is 1. The summed E-state index contributed by atoms with van der Waals surface area (Å²) in [6.07, 6.45) is 8.16. The lowest BCUT2D eigenvalue weighted by Crippen LogP contribution is -2.15. The average molecular weight is 325 g/mol. The van der Waals surface area contributed by atoms with Crippen molar-refractivity contribution in [3.05, 3.63) is 48.6 Å². The van der Waals surface area contributed by atoms with Gasteiger partial charge in [0, 0.05) is 24.6 Å². The molecule has 1 aromatic carbocycles. The minimum Gasteiger partial charge on any atom is -0.392 e. The molecule has 7 heteroatoms. The quantitative estimate of drug-likeness (QED) is 0.776. The maximum Gasteiger partial charge on any atom is 0.189 e. The van der Waals surface area contributed by atoms with E-state index < -0.39 is 0 Å². The molecular formula is C16H15N5OS. The largest absolute Gasteiger partial charge is 0.392 e. The van der Waals surface area contributed by atoms with E-state index in [1.54, 1.807) is 23.9 Å². The number of fused-ring (bicyclic) bond motifs is 1. The second-order valence-corrected chi connectivity index (χ2v) is 6.27. The summed E-state index contributed by atoms with van der Waals surface area (Å²) >= 11 is 1.58. The van der Waals surface area contributed by atoms with Crippen molar-refractivity contribution < 1.29 is 5.11 Å². The first-order valence-electron chi connectivity index (χ1n) is 7.32. The fourth-order valence-electron chi connectivity index (χ4n) is 2.48. The normalized spacial score (nSPS) is 14.7. The molecule has 0 bridgehead atoms. The lowest BCUT2D eigenvalue weighted by atomic mass is 10.1. The van der Waals surface area contributed by atoms with E-state index in [1.807, 2.05) is 29.0 Å². The molecule has 0 amide bonds. The Morgan fingerprint density at radius 1 is 1.35 bits per heavy atom. The Balaban J connectivity index is 1.62. The van der Waals surface area contributed by atoms with Crippen molar-refractivity contribution in [1.82, 2.24) is 14.5 Å². The van der Waals surface area contributed by atoms with E-state index >= 15 is 0 Å². The van der Waals surface area contributed by atoms with Gasteiger partial charge in [-0.3, -0.25) is 4.99 Å². The summed E-state index contributed by atoms with van der Waals surface area (Å²) in [7, 11) is 0. The lowest BCUT2D eigenvalue weighted by molar-refractivity contribution is 0.327. The van der Waals surface area contributed by atoms with Gasteiger partial charge in [0.2, 0.25) is 0 Å². The molecule has 0 spiro atoms. The van der Waals surface area contributed by atoms with E-state index in [-0.39, 0.29) is 6.61 Å². The van der Waals surface area contributed by atoms with Gasteiger partial charge in [-0.15, -0.1) is 0 Å². The Morgan fingerprint density at radius 3 is 3.13 bits per heavy atom. The molecule has 0 saturated heterocycles. The molecule has 3 heterocycles. The number of aliphatic imine (C=N–C) groups is 1. The third-order valence-electron chi connectivity index (χ3n) is 3.67. The highest BCUT2D eigenvalue weighted by Crippen LogP contribution is 2.28. The van der Waals surface area contributed by atoms with E-state index in [0.717, 1.165) is 38.9 Å². The highest BCUT2D eigenvalue weighted by Gasteiger charge is 2.10. The summed E-state index contributed by atoms with van der Waals surface area (Å²) in [5.41, 5.74) is 3.00. The van der Waals surface area contributed by atoms with Crippen molar-refractivity contribution in [3.63, 3.8) is 0 Å². The molecular weight excluding hydrogens is 310 g/mol. The molecule has 3 aromatic rings. The van der Waals surface area contributed by atoms with Crippen LogP contribution in [-0.4, -0.2) is 38.6 Å².